The van der Waals surface area contributed by atoms with Gasteiger partial charge in [-0.15, -0.1) is 0 Å². The molecule has 0 saturated carbocycles. The largest absolute Gasteiger partial charge is 0.322 e. The Labute approximate surface area is 118 Å². The number of nitrogens with zero attached hydrogens (tertiary/aromatic N) is 3. The Morgan fingerprint density at radius 2 is 1.95 bits per heavy atom. The van der Waals surface area contributed by atoms with Crippen molar-refractivity contribution in [1.82, 2.24) is 14.5 Å². The van der Waals surface area contributed by atoms with E-state index in [0.717, 1.165) is 22.3 Å². The summed E-state index contributed by atoms with van der Waals surface area (Å²) in [7, 11) is 0. The van der Waals surface area contributed by atoms with Crippen molar-refractivity contribution in [2.75, 3.05) is 0 Å². The van der Waals surface area contributed by atoms with Crippen molar-refractivity contribution in [3.05, 3.63) is 54.7 Å². The van der Waals surface area contributed by atoms with Crippen LogP contribution in [0.25, 0.3) is 16.6 Å². The summed E-state index contributed by atoms with van der Waals surface area (Å²) in [6.45, 7) is 4.22. The van der Waals surface area contributed by atoms with Crippen molar-refractivity contribution in [2.24, 2.45) is 11.7 Å². The molecule has 1 atom stereocenters. The summed E-state index contributed by atoms with van der Waals surface area (Å²) in [5, 5.41) is 1.11. The number of imidazole rings is 1. The first-order chi connectivity index (χ1) is 9.66. The number of pyridine rings is 1. The SMILES string of the molecule is CC(C)C(N)c1cncn1-c1cnc2ccccc2c1. The van der Waals surface area contributed by atoms with E-state index in [0.29, 0.717) is 5.92 Å². The van der Waals surface area contributed by atoms with E-state index < -0.39 is 0 Å². The molecular formula is C16H18N4. The summed E-state index contributed by atoms with van der Waals surface area (Å²) in [5.74, 6) is 0.360. The van der Waals surface area contributed by atoms with Gasteiger partial charge in [0.1, 0.15) is 0 Å². The predicted octanol–water partition coefficient (Wildman–Crippen LogP) is 3.08. The topological polar surface area (TPSA) is 56.7 Å². The molecule has 0 bridgehead atoms. The first-order valence-electron chi connectivity index (χ1n) is 6.80. The van der Waals surface area contributed by atoms with Crippen LogP contribution in [0.3, 0.4) is 0 Å². The fourth-order valence-electron chi connectivity index (χ4n) is 2.30. The average molecular weight is 266 g/mol. The Balaban J connectivity index is 2.09. The number of nitrogens with two attached hydrogens (primary N) is 1. The number of hydrogen-bond donors (Lipinski definition) is 1. The zero-order chi connectivity index (χ0) is 14.1. The van der Waals surface area contributed by atoms with Crippen molar-refractivity contribution in [2.45, 2.75) is 19.9 Å². The summed E-state index contributed by atoms with van der Waals surface area (Å²) in [6, 6.07) is 10.2. The van der Waals surface area contributed by atoms with Crippen molar-refractivity contribution >= 4 is 10.9 Å². The van der Waals surface area contributed by atoms with Gasteiger partial charge in [-0.25, -0.2) is 4.98 Å². The second kappa shape index (κ2) is 5.06. The third-order valence-corrected chi connectivity index (χ3v) is 3.58. The van der Waals surface area contributed by atoms with Gasteiger partial charge >= 0.3 is 0 Å². The standard InChI is InChI=1S/C16H18N4/c1-11(2)16(17)15-9-18-10-20(15)13-7-12-5-3-4-6-14(12)19-8-13/h3-11,16H,17H2,1-2H3. The summed E-state index contributed by atoms with van der Waals surface area (Å²) in [6.07, 6.45) is 5.49. The van der Waals surface area contributed by atoms with E-state index in [1.807, 2.05) is 35.2 Å². The predicted molar refractivity (Wildman–Crippen MR) is 80.6 cm³/mol. The molecule has 102 valence electrons. The number of benzene rings is 1. The van der Waals surface area contributed by atoms with Crippen LogP contribution in [-0.2, 0) is 0 Å². The number of aromatic nitrogens is 3. The van der Waals surface area contributed by atoms with Gasteiger partial charge in [0.15, 0.2) is 0 Å². The minimum Gasteiger partial charge on any atom is -0.322 e. The molecule has 4 nitrogen and oxygen atoms in total. The molecule has 2 heterocycles. The third kappa shape index (κ3) is 2.18. The molecule has 0 aliphatic heterocycles. The van der Waals surface area contributed by atoms with E-state index >= 15 is 0 Å². The van der Waals surface area contributed by atoms with Crippen LogP contribution in [0.4, 0.5) is 0 Å². The highest BCUT2D eigenvalue weighted by atomic mass is 15.1. The van der Waals surface area contributed by atoms with E-state index in [4.69, 9.17) is 5.73 Å². The fourth-order valence-corrected chi connectivity index (χ4v) is 2.30. The van der Waals surface area contributed by atoms with Gasteiger partial charge in [0.25, 0.3) is 0 Å². The van der Waals surface area contributed by atoms with Gasteiger partial charge in [0, 0.05) is 11.4 Å². The van der Waals surface area contributed by atoms with Crippen molar-refractivity contribution in [3.63, 3.8) is 0 Å². The second-order valence-corrected chi connectivity index (χ2v) is 5.34. The molecule has 3 aromatic rings. The minimum absolute atomic E-state index is 0.0380. The maximum absolute atomic E-state index is 6.25. The van der Waals surface area contributed by atoms with E-state index in [2.05, 4.69) is 35.9 Å². The lowest BCUT2D eigenvalue weighted by Crippen LogP contribution is -2.19. The van der Waals surface area contributed by atoms with Crippen LogP contribution in [0.5, 0.6) is 0 Å². The van der Waals surface area contributed by atoms with Gasteiger partial charge in [-0.2, -0.15) is 0 Å². The minimum atomic E-state index is -0.0380. The normalized spacial score (nSPS) is 13.0. The van der Waals surface area contributed by atoms with Gasteiger partial charge in [-0.1, -0.05) is 32.0 Å². The third-order valence-electron chi connectivity index (χ3n) is 3.58. The van der Waals surface area contributed by atoms with Crippen molar-refractivity contribution in [3.8, 4) is 5.69 Å². The Bertz CT molecular complexity index is 730. The van der Waals surface area contributed by atoms with Gasteiger partial charge < -0.3 is 10.3 Å². The monoisotopic (exact) mass is 266 g/mol. The highest BCUT2D eigenvalue weighted by Gasteiger charge is 2.16. The first-order valence-corrected chi connectivity index (χ1v) is 6.80. The molecule has 0 amide bonds. The molecule has 4 heteroatoms. The first kappa shape index (κ1) is 12.8. The Hall–Kier alpha value is -2.20. The Kier molecular flexibility index (Phi) is 3.24. The molecule has 0 spiro atoms. The fraction of sp³-hybridized carbons (Fsp3) is 0.250. The maximum Gasteiger partial charge on any atom is 0.0995 e. The molecular weight excluding hydrogens is 248 g/mol. The zero-order valence-corrected chi connectivity index (χ0v) is 11.7. The smallest absolute Gasteiger partial charge is 0.0995 e. The quantitative estimate of drug-likeness (QED) is 0.792. The summed E-state index contributed by atoms with van der Waals surface area (Å²) >= 11 is 0. The molecule has 3 rings (SSSR count). The van der Waals surface area contributed by atoms with Crippen molar-refractivity contribution < 1.29 is 0 Å². The van der Waals surface area contributed by atoms with Gasteiger partial charge in [-0.05, 0) is 18.1 Å². The molecule has 0 aliphatic carbocycles. The number of rotatable bonds is 3. The Morgan fingerprint density at radius 3 is 2.75 bits per heavy atom. The van der Waals surface area contributed by atoms with E-state index in [1.165, 1.54) is 0 Å². The summed E-state index contributed by atoms with van der Waals surface area (Å²) < 4.78 is 2.02. The van der Waals surface area contributed by atoms with E-state index in [1.54, 1.807) is 6.33 Å². The van der Waals surface area contributed by atoms with E-state index in [-0.39, 0.29) is 6.04 Å². The summed E-state index contributed by atoms with van der Waals surface area (Å²) in [4.78, 5) is 8.73. The van der Waals surface area contributed by atoms with Crippen LogP contribution < -0.4 is 5.73 Å². The lowest BCUT2D eigenvalue weighted by molar-refractivity contribution is 0.497. The molecule has 0 fully saturated rings. The zero-order valence-electron chi connectivity index (χ0n) is 11.7. The highest BCUT2D eigenvalue weighted by Crippen LogP contribution is 2.23. The van der Waals surface area contributed by atoms with Crippen LogP contribution >= 0.6 is 0 Å². The van der Waals surface area contributed by atoms with Crippen LogP contribution in [0.1, 0.15) is 25.6 Å². The second-order valence-electron chi connectivity index (χ2n) is 5.34. The molecule has 0 saturated heterocycles. The van der Waals surface area contributed by atoms with Gasteiger partial charge in [-0.3, -0.25) is 4.98 Å². The van der Waals surface area contributed by atoms with Crippen LogP contribution in [0.2, 0.25) is 0 Å². The summed E-state index contributed by atoms with van der Waals surface area (Å²) in [5.41, 5.74) is 9.25. The van der Waals surface area contributed by atoms with Gasteiger partial charge in [0.05, 0.1) is 35.6 Å². The molecule has 2 aromatic heterocycles. The highest BCUT2D eigenvalue weighted by molar-refractivity contribution is 5.80. The van der Waals surface area contributed by atoms with Crippen LogP contribution in [0.15, 0.2) is 49.1 Å². The molecule has 1 unspecified atom stereocenters. The Morgan fingerprint density at radius 1 is 1.15 bits per heavy atom. The molecule has 1 aromatic carbocycles. The number of hydrogen-bond acceptors (Lipinski definition) is 3. The average Bonchev–Trinajstić information content (AvgIpc) is 2.95. The van der Waals surface area contributed by atoms with E-state index in [9.17, 15) is 0 Å². The molecule has 2 N–H and O–H groups in total. The number of para-hydroxylation sites is 1. The molecule has 0 radical (unpaired) electrons. The number of fused-ring (bicyclic) bond motifs is 1. The lowest BCUT2D eigenvalue weighted by atomic mass is 10.0. The lowest BCUT2D eigenvalue weighted by Gasteiger charge is -2.17. The van der Waals surface area contributed by atoms with Crippen LogP contribution in [0, 0.1) is 5.92 Å². The van der Waals surface area contributed by atoms with Crippen molar-refractivity contribution in [1.29, 1.82) is 0 Å². The van der Waals surface area contributed by atoms with Crippen LogP contribution in [-0.4, -0.2) is 14.5 Å². The molecule has 0 aliphatic rings. The molecule has 20 heavy (non-hydrogen) atoms. The van der Waals surface area contributed by atoms with Gasteiger partial charge in [0.2, 0.25) is 0 Å². The maximum atomic E-state index is 6.25.